The Balaban J connectivity index is 2.19. The van der Waals surface area contributed by atoms with E-state index in [9.17, 15) is 8.42 Å². The van der Waals surface area contributed by atoms with E-state index < -0.39 is 10.0 Å². The van der Waals surface area contributed by atoms with E-state index in [1.807, 2.05) is 43.4 Å². The summed E-state index contributed by atoms with van der Waals surface area (Å²) in [5.74, 6) is 0. The second-order valence-corrected chi connectivity index (χ2v) is 8.00. The molecule has 5 nitrogen and oxygen atoms in total. The summed E-state index contributed by atoms with van der Waals surface area (Å²) in [6, 6.07) is 12.9. The Morgan fingerprint density at radius 1 is 1.17 bits per heavy atom. The third-order valence-corrected chi connectivity index (χ3v) is 5.60. The van der Waals surface area contributed by atoms with Gasteiger partial charge < -0.3 is 5.32 Å². The minimum Gasteiger partial charge on any atom is -0.316 e. The van der Waals surface area contributed by atoms with Gasteiger partial charge in [0.2, 0.25) is 0 Å². The van der Waals surface area contributed by atoms with Gasteiger partial charge >= 0.3 is 0 Å². The number of pyridine rings is 1. The molecule has 0 radical (unpaired) electrons. The second kappa shape index (κ2) is 6.88. The van der Waals surface area contributed by atoms with Crippen molar-refractivity contribution < 1.29 is 8.42 Å². The van der Waals surface area contributed by atoms with Crippen LogP contribution in [0, 0.1) is 0 Å². The quantitative estimate of drug-likeness (QED) is 0.707. The number of nitrogens with one attached hydrogen (secondary N) is 1. The maximum absolute atomic E-state index is 13.1. The number of nitrogens with zero attached hydrogens (tertiary/aromatic N) is 2. The predicted molar refractivity (Wildman–Crippen MR) is 97.2 cm³/mol. The molecule has 2 heterocycles. The van der Waals surface area contributed by atoms with Crippen LogP contribution in [0.25, 0.3) is 11.3 Å². The van der Waals surface area contributed by atoms with Gasteiger partial charge in [0.05, 0.1) is 5.69 Å². The lowest BCUT2D eigenvalue weighted by atomic mass is 10.1. The summed E-state index contributed by atoms with van der Waals surface area (Å²) in [6.45, 7) is 0.582. The van der Waals surface area contributed by atoms with Crippen LogP contribution in [-0.4, -0.2) is 24.4 Å². The number of benzene rings is 1. The van der Waals surface area contributed by atoms with Gasteiger partial charge in [0.15, 0.2) is 0 Å². The molecular weight excluding hydrogens is 390 g/mol. The Morgan fingerprint density at radius 3 is 2.58 bits per heavy atom. The third kappa shape index (κ3) is 3.28. The maximum atomic E-state index is 13.1. The van der Waals surface area contributed by atoms with E-state index in [1.165, 1.54) is 10.2 Å². The van der Waals surface area contributed by atoms with Gasteiger partial charge in [-0.15, -0.1) is 0 Å². The molecule has 0 atom stereocenters. The average Bonchev–Trinajstić information content (AvgIpc) is 3.01. The van der Waals surface area contributed by atoms with Crippen LogP contribution in [0.4, 0.5) is 0 Å². The Labute approximate surface area is 149 Å². The molecule has 0 spiro atoms. The molecule has 3 rings (SSSR count). The van der Waals surface area contributed by atoms with Gasteiger partial charge in [0, 0.05) is 29.6 Å². The van der Waals surface area contributed by atoms with Gasteiger partial charge in [0.25, 0.3) is 10.0 Å². The third-order valence-electron chi connectivity index (χ3n) is 3.53. The minimum absolute atomic E-state index is 0.140. The molecule has 0 unspecified atom stereocenters. The summed E-state index contributed by atoms with van der Waals surface area (Å²) in [7, 11) is -1.92. The van der Waals surface area contributed by atoms with Crippen LogP contribution in [0.2, 0.25) is 0 Å². The molecule has 24 heavy (non-hydrogen) atoms. The van der Waals surface area contributed by atoms with Gasteiger partial charge in [-0.3, -0.25) is 4.98 Å². The summed E-state index contributed by atoms with van der Waals surface area (Å²) in [4.78, 5) is 4.11. The van der Waals surface area contributed by atoms with E-state index >= 15 is 0 Å². The van der Waals surface area contributed by atoms with Crippen molar-refractivity contribution in [3.63, 3.8) is 0 Å². The van der Waals surface area contributed by atoms with Crippen molar-refractivity contribution in [3.8, 4) is 11.3 Å². The van der Waals surface area contributed by atoms with Crippen molar-refractivity contribution >= 4 is 26.0 Å². The first-order valence-corrected chi connectivity index (χ1v) is 9.53. The van der Waals surface area contributed by atoms with Crippen LogP contribution >= 0.6 is 15.9 Å². The van der Waals surface area contributed by atoms with Crippen molar-refractivity contribution in [1.29, 1.82) is 0 Å². The number of aromatic nitrogens is 2. The zero-order valence-corrected chi connectivity index (χ0v) is 15.4. The van der Waals surface area contributed by atoms with E-state index in [4.69, 9.17) is 0 Å². The Bertz CT molecular complexity index is 953. The topological polar surface area (TPSA) is 64.0 Å². The summed E-state index contributed by atoms with van der Waals surface area (Å²) >= 11 is 3.27. The molecule has 124 valence electrons. The molecule has 0 saturated heterocycles. The highest BCUT2D eigenvalue weighted by Gasteiger charge is 2.22. The van der Waals surface area contributed by atoms with Crippen LogP contribution in [0.1, 0.15) is 5.56 Å². The lowest BCUT2D eigenvalue weighted by molar-refractivity contribution is 0.587. The van der Waals surface area contributed by atoms with Gasteiger partial charge in [-0.25, -0.2) is 12.4 Å². The van der Waals surface area contributed by atoms with Crippen molar-refractivity contribution in [2.75, 3.05) is 7.05 Å². The van der Waals surface area contributed by atoms with E-state index in [-0.39, 0.29) is 4.90 Å². The molecule has 7 heteroatoms. The monoisotopic (exact) mass is 405 g/mol. The molecule has 2 aromatic heterocycles. The second-order valence-electron chi connectivity index (χ2n) is 5.27. The zero-order valence-electron chi connectivity index (χ0n) is 13.0. The molecule has 1 aromatic carbocycles. The molecule has 3 aromatic rings. The Kier molecular flexibility index (Phi) is 4.84. The molecule has 0 aliphatic carbocycles. The first-order valence-electron chi connectivity index (χ1n) is 7.30. The number of rotatable bonds is 5. The molecule has 0 aliphatic heterocycles. The van der Waals surface area contributed by atoms with Gasteiger partial charge in [0.1, 0.15) is 4.90 Å². The fourth-order valence-corrected chi connectivity index (χ4v) is 4.37. The van der Waals surface area contributed by atoms with Crippen molar-refractivity contribution in [1.82, 2.24) is 14.3 Å². The van der Waals surface area contributed by atoms with Crippen LogP contribution in [0.3, 0.4) is 0 Å². The number of hydrogen-bond acceptors (Lipinski definition) is 4. The molecular formula is C17H16BrN3O2S. The molecule has 0 aliphatic rings. The first kappa shape index (κ1) is 16.9. The standard InChI is InChI=1S/C17H16BrN3O2S/c1-19-9-13-7-17(14-5-3-2-4-6-14)21(12-13)24(22,23)16-8-15(18)10-20-11-16/h2-8,10-12,19H,9H2,1H3. The summed E-state index contributed by atoms with van der Waals surface area (Å²) in [5.41, 5.74) is 2.36. The summed E-state index contributed by atoms with van der Waals surface area (Å²) < 4.78 is 28.1. The predicted octanol–water partition coefficient (Wildman–Crippen LogP) is 3.27. The molecule has 1 N–H and O–H groups in total. The zero-order chi connectivity index (χ0) is 17.2. The number of halogens is 1. The Hall–Kier alpha value is -1.96. The summed E-state index contributed by atoms with van der Waals surface area (Å²) in [6.07, 6.45) is 4.56. The fraction of sp³-hybridized carbons (Fsp3) is 0.118. The van der Waals surface area contributed by atoms with Gasteiger partial charge in [-0.1, -0.05) is 30.3 Å². The van der Waals surface area contributed by atoms with Crippen molar-refractivity contribution in [2.24, 2.45) is 0 Å². The van der Waals surface area contributed by atoms with Crippen molar-refractivity contribution in [3.05, 3.63) is 71.1 Å². The average molecular weight is 406 g/mol. The van der Waals surface area contributed by atoms with Crippen molar-refractivity contribution in [2.45, 2.75) is 11.4 Å². The molecule has 0 fully saturated rings. The lowest BCUT2D eigenvalue weighted by Crippen LogP contribution is -2.13. The van der Waals surface area contributed by atoms with E-state index in [0.717, 1.165) is 11.1 Å². The highest BCUT2D eigenvalue weighted by Crippen LogP contribution is 2.27. The minimum atomic E-state index is -3.74. The fourth-order valence-electron chi connectivity index (χ4n) is 2.46. The first-order chi connectivity index (χ1) is 11.5. The van der Waals surface area contributed by atoms with E-state index in [1.54, 1.807) is 18.5 Å². The normalized spacial score (nSPS) is 11.6. The SMILES string of the molecule is CNCc1cc(-c2ccccc2)n(S(=O)(=O)c2cncc(Br)c2)c1. The van der Waals surface area contributed by atoms with Crippen LogP contribution in [-0.2, 0) is 16.6 Å². The lowest BCUT2D eigenvalue weighted by Gasteiger charge is -2.10. The smallest absolute Gasteiger partial charge is 0.269 e. The molecule has 0 saturated carbocycles. The van der Waals surface area contributed by atoms with Crippen LogP contribution in [0.5, 0.6) is 0 Å². The Morgan fingerprint density at radius 2 is 1.92 bits per heavy atom. The van der Waals surface area contributed by atoms with E-state index in [2.05, 4.69) is 26.2 Å². The largest absolute Gasteiger partial charge is 0.316 e. The van der Waals surface area contributed by atoms with E-state index in [0.29, 0.717) is 16.7 Å². The molecule has 0 amide bonds. The summed E-state index contributed by atoms with van der Waals surface area (Å²) in [5, 5.41) is 3.05. The van der Waals surface area contributed by atoms with Crippen LogP contribution in [0.15, 0.2) is 70.4 Å². The molecule has 0 bridgehead atoms. The van der Waals surface area contributed by atoms with Crippen LogP contribution < -0.4 is 5.32 Å². The number of hydrogen-bond donors (Lipinski definition) is 1. The highest BCUT2D eigenvalue weighted by molar-refractivity contribution is 9.10. The highest BCUT2D eigenvalue weighted by atomic mass is 79.9. The van der Waals surface area contributed by atoms with Gasteiger partial charge in [-0.2, -0.15) is 0 Å². The maximum Gasteiger partial charge on any atom is 0.269 e. The van der Waals surface area contributed by atoms with Gasteiger partial charge in [-0.05, 0) is 46.2 Å².